The second-order valence-electron chi connectivity index (χ2n) is 12.3. The molecule has 0 aromatic rings. The molecule has 0 amide bonds. The molecule has 2 saturated heterocycles. The number of esters is 3. The fourth-order valence-corrected chi connectivity index (χ4v) is 8.37. The first-order valence-corrected chi connectivity index (χ1v) is 13.3. The Morgan fingerprint density at radius 2 is 1.85 bits per heavy atom. The van der Waals surface area contributed by atoms with Gasteiger partial charge in [0.25, 0.3) is 0 Å². The zero-order chi connectivity index (χ0) is 28.8. The van der Waals surface area contributed by atoms with E-state index in [0.29, 0.717) is 11.1 Å². The number of rotatable bonds is 4. The lowest BCUT2D eigenvalue weighted by molar-refractivity contribution is -0.290. The van der Waals surface area contributed by atoms with Crippen LogP contribution in [0.15, 0.2) is 23.0 Å². The lowest BCUT2D eigenvalue weighted by Crippen LogP contribution is -2.79. The van der Waals surface area contributed by atoms with Crippen molar-refractivity contribution in [2.75, 3.05) is 13.7 Å². The molecule has 214 valence electrons. The number of ether oxygens (including phenoxy) is 4. The van der Waals surface area contributed by atoms with Crippen LogP contribution in [-0.2, 0) is 38.1 Å². The molecule has 0 unspecified atom stereocenters. The van der Waals surface area contributed by atoms with E-state index in [1.807, 2.05) is 13.8 Å². The summed E-state index contributed by atoms with van der Waals surface area (Å²) in [6.45, 7) is 8.72. The first kappa shape index (κ1) is 27.8. The zero-order valence-electron chi connectivity index (χ0n) is 22.9. The van der Waals surface area contributed by atoms with Gasteiger partial charge < -0.3 is 34.3 Å². The quantitative estimate of drug-likeness (QED) is 0.262. The van der Waals surface area contributed by atoms with E-state index in [1.165, 1.54) is 6.08 Å². The monoisotopic (exact) mass is 548 g/mol. The first-order valence-electron chi connectivity index (χ1n) is 13.3. The van der Waals surface area contributed by atoms with E-state index in [1.54, 1.807) is 20.8 Å². The molecule has 0 radical (unpaired) electrons. The van der Waals surface area contributed by atoms with E-state index in [9.17, 15) is 34.5 Å². The number of hydrogen-bond donors (Lipinski definition) is 3. The Kier molecular flexibility index (Phi) is 6.32. The molecule has 0 aromatic heterocycles. The van der Waals surface area contributed by atoms with Gasteiger partial charge in [0.2, 0.25) is 11.7 Å². The van der Waals surface area contributed by atoms with Gasteiger partial charge in [-0.15, -0.1) is 0 Å². The molecule has 2 saturated carbocycles. The van der Waals surface area contributed by atoms with Crippen molar-refractivity contribution in [1.29, 1.82) is 0 Å². The Morgan fingerprint density at radius 3 is 2.46 bits per heavy atom. The van der Waals surface area contributed by atoms with Crippen molar-refractivity contribution in [3.8, 4) is 0 Å². The second kappa shape index (κ2) is 8.87. The summed E-state index contributed by atoms with van der Waals surface area (Å²) in [4.78, 5) is 52.8. The van der Waals surface area contributed by atoms with Gasteiger partial charge in [0.05, 0.1) is 25.7 Å². The third-order valence-electron chi connectivity index (χ3n) is 10.3. The fourth-order valence-electron chi connectivity index (χ4n) is 8.37. The average Bonchev–Trinajstić information content (AvgIpc) is 3.18. The molecule has 5 aliphatic rings. The van der Waals surface area contributed by atoms with Crippen LogP contribution in [-0.4, -0.2) is 82.7 Å². The minimum atomic E-state index is -2.22. The van der Waals surface area contributed by atoms with Gasteiger partial charge in [-0.3, -0.25) is 4.79 Å². The number of hydrogen-bond acceptors (Lipinski definition) is 11. The maximum atomic E-state index is 13.5. The summed E-state index contributed by atoms with van der Waals surface area (Å²) in [5, 5.41) is 33.7. The van der Waals surface area contributed by atoms with Crippen LogP contribution in [0.1, 0.15) is 47.5 Å². The maximum absolute atomic E-state index is 13.5. The van der Waals surface area contributed by atoms with Crippen molar-refractivity contribution < 1.29 is 53.4 Å². The molecule has 3 aliphatic carbocycles. The van der Waals surface area contributed by atoms with Crippen molar-refractivity contribution >= 4 is 23.7 Å². The molecular weight excluding hydrogens is 512 g/mol. The van der Waals surface area contributed by atoms with Crippen LogP contribution in [0.3, 0.4) is 0 Å². The number of ketones is 1. The van der Waals surface area contributed by atoms with Crippen LogP contribution in [0.4, 0.5) is 0 Å². The van der Waals surface area contributed by atoms with E-state index in [2.05, 4.69) is 0 Å². The van der Waals surface area contributed by atoms with Gasteiger partial charge in [0.1, 0.15) is 12.2 Å². The number of Topliss-reactive ketones (excluding diaryl/α,β-unsaturated/α-hetero) is 1. The van der Waals surface area contributed by atoms with E-state index in [0.717, 1.165) is 7.11 Å². The summed E-state index contributed by atoms with van der Waals surface area (Å²) in [6, 6.07) is 0. The van der Waals surface area contributed by atoms with Gasteiger partial charge in [-0.1, -0.05) is 26.3 Å². The smallest absolute Gasteiger partial charge is 0.348 e. The first-order chi connectivity index (χ1) is 18.2. The molecular formula is C28H36O11. The number of carbonyl (C=O) groups is 4. The Balaban J connectivity index is 1.71. The topological polar surface area (TPSA) is 166 Å². The molecule has 4 fully saturated rings. The van der Waals surface area contributed by atoms with Crippen molar-refractivity contribution in [3.05, 3.63) is 23.0 Å². The molecule has 5 rings (SSSR count). The van der Waals surface area contributed by atoms with Crippen LogP contribution in [0.25, 0.3) is 0 Å². The molecule has 0 aromatic carbocycles. The number of carbonyl (C=O) groups excluding carboxylic acids is 4. The Labute approximate surface area is 226 Å². The van der Waals surface area contributed by atoms with Crippen molar-refractivity contribution in [2.24, 2.45) is 34.5 Å². The molecule has 11 nitrogen and oxygen atoms in total. The van der Waals surface area contributed by atoms with Crippen molar-refractivity contribution in [1.82, 2.24) is 0 Å². The average molecular weight is 549 g/mol. The number of aliphatic hydroxyl groups excluding tert-OH is 3. The molecule has 11 heteroatoms. The van der Waals surface area contributed by atoms with Crippen molar-refractivity contribution in [2.45, 2.75) is 77.5 Å². The summed E-state index contributed by atoms with van der Waals surface area (Å²) < 4.78 is 22.7. The minimum absolute atomic E-state index is 0.0302. The summed E-state index contributed by atoms with van der Waals surface area (Å²) in [5.74, 6) is -6.26. The Bertz CT molecular complexity index is 1200. The van der Waals surface area contributed by atoms with E-state index < -0.39 is 82.3 Å². The molecule has 39 heavy (non-hydrogen) atoms. The fraction of sp³-hybridized carbons (Fsp3) is 0.714. The lowest BCUT2D eigenvalue weighted by Gasteiger charge is -2.67. The maximum Gasteiger partial charge on any atom is 0.348 e. The van der Waals surface area contributed by atoms with Gasteiger partial charge in [0, 0.05) is 23.8 Å². The van der Waals surface area contributed by atoms with Crippen LogP contribution >= 0.6 is 0 Å². The van der Waals surface area contributed by atoms with Crippen LogP contribution in [0.2, 0.25) is 0 Å². The third kappa shape index (κ3) is 3.39. The van der Waals surface area contributed by atoms with Crippen molar-refractivity contribution in [3.63, 3.8) is 0 Å². The highest BCUT2D eigenvalue weighted by atomic mass is 16.6. The van der Waals surface area contributed by atoms with Crippen LogP contribution in [0.5, 0.6) is 0 Å². The molecule has 2 heterocycles. The molecule has 2 bridgehead atoms. The largest absolute Gasteiger partial charge is 0.504 e. The van der Waals surface area contributed by atoms with E-state index >= 15 is 0 Å². The highest BCUT2D eigenvalue weighted by Gasteiger charge is 2.85. The second-order valence-corrected chi connectivity index (χ2v) is 12.3. The van der Waals surface area contributed by atoms with Gasteiger partial charge in [-0.05, 0) is 43.1 Å². The molecule has 10 atom stereocenters. The minimum Gasteiger partial charge on any atom is -0.504 e. The number of methoxy groups -OCH3 is 1. The number of aliphatic hydroxyl groups is 3. The highest BCUT2D eigenvalue weighted by Crippen LogP contribution is 2.72. The number of allylic oxidation sites excluding steroid dienone is 3. The van der Waals surface area contributed by atoms with E-state index in [4.69, 9.17) is 18.9 Å². The number of fused-ring (bicyclic) bond motifs is 2. The standard InChI is InChI=1S/C28H36O11/c1-11(2)12(3)7-17(30)39-20-22-27-10-37-28(22,25(35)36-6)23(33)19(32)21(27)26(5)9-15(29)18(31)13(4)14(26)8-16(27)38-24(20)34/h7,11,14,16,19-23,31-33H,8-10H2,1-6H3/b12-7+/t14-,16-,19-,20-,21-,22-,23+,26+,27-,28+/m1/s1. The predicted molar refractivity (Wildman–Crippen MR) is 132 cm³/mol. The highest BCUT2D eigenvalue weighted by molar-refractivity contribution is 5.95. The zero-order valence-corrected chi connectivity index (χ0v) is 22.9. The molecule has 2 aliphatic heterocycles. The third-order valence-corrected chi connectivity index (χ3v) is 10.3. The lowest BCUT2D eigenvalue weighted by atomic mass is 9.38. The van der Waals surface area contributed by atoms with E-state index in [-0.39, 0.29) is 31.1 Å². The van der Waals surface area contributed by atoms with Crippen LogP contribution in [0, 0.1) is 34.5 Å². The molecule has 1 spiro atoms. The van der Waals surface area contributed by atoms with Gasteiger partial charge in [-0.2, -0.15) is 0 Å². The summed E-state index contributed by atoms with van der Waals surface area (Å²) in [7, 11) is 1.10. The summed E-state index contributed by atoms with van der Waals surface area (Å²) >= 11 is 0. The van der Waals surface area contributed by atoms with Gasteiger partial charge in [0.15, 0.2) is 11.5 Å². The van der Waals surface area contributed by atoms with Gasteiger partial charge in [-0.25, -0.2) is 14.4 Å². The summed E-state index contributed by atoms with van der Waals surface area (Å²) in [6.07, 6.45) is -4.75. The van der Waals surface area contributed by atoms with Crippen LogP contribution < -0.4 is 0 Å². The predicted octanol–water partition coefficient (Wildman–Crippen LogP) is 1.15. The SMILES string of the molecule is COC(=O)[C@@]12OC[C@]34[C@H]([C@@H](O)[C@@H]1O)[C@@]1(C)CC(=O)C(O)=C(C)[C@H]1C[C@H]3OC(=O)[C@H](OC(=O)/C=C(\C)C(C)C)[C@@H]24. The Hall–Kier alpha value is -2.76. The normalized spacial score (nSPS) is 44.9. The Morgan fingerprint density at radius 1 is 1.18 bits per heavy atom. The summed E-state index contributed by atoms with van der Waals surface area (Å²) in [5.41, 5.74) is -3.43. The molecule has 3 N–H and O–H groups in total. The van der Waals surface area contributed by atoms with Gasteiger partial charge >= 0.3 is 17.9 Å².